The number of hydrogen-bond acceptors (Lipinski definition) is 0. The Bertz CT molecular complexity index is 845. The van der Waals surface area contributed by atoms with Crippen LogP contribution in [-0.2, 0) is 25.7 Å². The van der Waals surface area contributed by atoms with E-state index in [9.17, 15) is 0 Å². The fourth-order valence-electron chi connectivity index (χ4n) is 4.50. The second kappa shape index (κ2) is 10.6. The van der Waals surface area contributed by atoms with Crippen molar-refractivity contribution in [2.75, 3.05) is 0 Å². The van der Waals surface area contributed by atoms with Crippen LogP contribution in [0.4, 0.5) is 4.39 Å². The summed E-state index contributed by atoms with van der Waals surface area (Å²) in [5, 5.41) is 0. The number of nitrogens with zero attached hydrogens (tertiary/aromatic N) is 2. The van der Waals surface area contributed by atoms with Crippen LogP contribution in [0, 0.1) is 6.08 Å². The number of para-hydroxylation sites is 2. The maximum atomic E-state index is 16.0. The zero-order valence-corrected chi connectivity index (χ0v) is 19.0. The number of imidazole rings is 1. The maximum Gasteiger partial charge on any atom is 0.456 e. The van der Waals surface area contributed by atoms with E-state index in [1.807, 2.05) is 12.4 Å². The third-order valence-electron chi connectivity index (χ3n) is 5.73. The van der Waals surface area contributed by atoms with Crippen LogP contribution in [0.1, 0.15) is 75.6 Å². The number of benzene rings is 2. The summed E-state index contributed by atoms with van der Waals surface area (Å²) in [6.07, 6.45) is 11.6. The highest BCUT2D eigenvalue weighted by Crippen LogP contribution is 2.25. The molecule has 3 rings (SSSR count). The van der Waals surface area contributed by atoms with E-state index in [2.05, 4.69) is 64.1 Å². The first kappa shape index (κ1) is 22.3. The van der Waals surface area contributed by atoms with Crippen LogP contribution in [0.2, 0.25) is 0 Å². The molecule has 0 fully saturated rings. The summed E-state index contributed by atoms with van der Waals surface area (Å²) in [5.41, 5.74) is 6.95. The first-order valence-corrected chi connectivity index (χ1v) is 11.7. The average Bonchev–Trinajstić information content (AvgIpc) is 3.10. The Kier molecular flexibility index (Phi) is 7.84. The second-order valence-corrected chi connectivity index (χ2v) is 8.16. The predicted octanol–water partition coefficient (Wildman–Crippen LogP) is 6.70. The van der Waals surface area contributed by atoms with Crippen molar-refractivity contribution in [3.63, 3.8) is 0 Å². The molecule has 0 saturated heterocycles. The molecule has 0 unspecified atom stereocenters. The summed E-state index contributed by atoms with van der Waals surface area (Å²) < 4.78 is 19.6. The fraction of sp³-hybridized carbons (Fsp3) is 0.444. The average molecular weight is 408 g/mol. The van der Waals surface area contributed by atoms with E-state index in [1.54, 1.807) is 9.13 Å². The monoisotopic (exact) mass is 407 g/mol. The molecule has 3 aromatic rings. The fourth-order valence-corrected chi connectivity index (χ4v) is 4.50. The molecule has 1 aromatic heterocycles. The van der Waals surface area contributed by atoms with Crippen molar-refractivity contribution >= 4 is 0 Å². The lowest BCUT2D eigenvalue weighted by Gasteiger charge is -2.13. The third-order valence-corrected chi connectivity index (χ3v) is 5.73. The van der Waals surface area contributed by atoms with Gasteiger partial charge in [0.05, 0.1) is 0 Å². The standard InChI is InChI=1S/C27H36FN2/c1-5-11-21-15-9-16-22(12-6-2)25(21)29-19-20-30(27(29)28)26-23(13-7-3)17-10-18-24(26)14-8-4/h9-10,15-20H,5-8,11-14H2,1-4H3/q+1. The summed E-state index contributed by atoms with van der Waals surface area (Å²) in [7, 11) is 0. The van der Waals surface area contributed by atoms with Gasteiger partial charge in [-0.15, -0.1) is 4.39 Å². The van der Waals surface area contributed by atoms with Crippen molar-refractivity contribution in [2.24, 2.45) is 0 Å². The van der Waals surface area contributed by atoms with Crippen LogP contribution < -0.4 is 4.57 Å². The molecule has 0 N–H and O–H groups in total. The normalized spacial score (nSPS) is 11.2. The Hall–Kier alpha value is -2.42. The third kappa shape index (κ3) is 4.50. The van der Waals surface area contributed by atoms with E-state index in [4.69, 9.17) is 0 Å². The SMILES string of the molecule is CCCc1cccc(CCC)c1-n1cc[n+](-c2c(CCC)cccc2CCC)c1F. The van der Waals surface area contributed by atoms with Crippen molar-refractivity contribution in [1.82, 2.24) is 4.57 Å². The first-order chi connectivity index (χ1) is 14.7. The highest BCUT2D eigenvalue weighted by atomic mass is 19.1. The zero-order chi connectivity index (χ0) is 21.5. The summed E-state index contributed by atoms with van der Waals surface area (Å²) in [6, 6.07) is 12.8. The molecule has 0 atom stereocenters. The van der Waals surface area contributed by atoms with Crippen LogP contribution in [0.3, 0.4) is 0 Å². The van der Waals surface area contributed by atoms with Gasteiger partial charge < -0.3 is 0 Å². The van der Waals surface area contributed by atoms with Gasteiger partial charge in [0.15, 0.2) is 0 Å². The van der Waals surface area contributed by atoms with Crippen molar-refractivity contribution < 1.29 is 8.96 Å². The lowest BCUT2D eigenvalue weighted by Crippen LogP contribution is -2.36. The molecule has 0 amide bonds. The molecule has 0 aliphatic carbocycles. The number of rotatable bonds is 10. The smallest absolute Gasteiger partial charge is 0.169 e. The van der Waals surface area contributed by atoms with Crippen LogP contribution in [0.15, 0.2) is 48.8 Å². The van der Waals surface area contributed by atoms with Gasteiger partial charge in [-0.05, 0) is 47.9 Å². The van der Waals surface area contributed by atoms with Gasteiger partial charge in [0, 0.05) is 0 Å². The Labute approximate surface area is 181 Å². The lowest BCUT2D eigenvalue weighted by molar-refractivity contribution is -0.628. The lowest BCUT2D eigenvalue weighted by atomic mass is 10.00. The van der Waals surface area contributed by atoms with Crippen LogP contribution >= 0.6 is 0 Å². The molecular weight excluding hydrogens is 371 g/mol. The number of aromatic nitrogens is 2. The van der Waals surface area contributed by atoms with Gasteiger partial charge >= 0.3 is 6.08 Å². The van der Waals surface area contributed by atoms with E-state index in [1.165, 1.54) is 22.3 Å². The molecule has 160 valence electrons. The second-order valence-electron chi connectivity index (χ2n) is 8.16. The summed E-state index contributed by atoms with van der Waals surface area (Å²) in [4.78, 5) is 0. The van der Waals surface area contributed by atoms with E-state index < -0.39 is 0 Å². The molecule has 1 heterocycles. The van der Waals surface area contributed by atoms with Gasteiger partial charge in [-0.1, -0.05) is 89.8 Å². The van der Waals surface area contributed by atoms with Gasteiger partial charge in [0.1, 0.15) is 23.8 Å². The molecule has 0 bridgehead atoms. The number of hydrogen-bond donors (Lipinski definition) is 0. The Balaban J connectivity index is 2.20. The van der Waals surface area contributed by atoms with Crippen LogP contribution in [0.5, 0.6) is 0 Å². The largest absolute Gasteiger partial charge is 0.456 e. The minimum absolute atomic E-state index is 0.211. The van der Waals surface area contributed by atoms with Crippen molar-refractivity contribution in [2.45, 2.75) is 79.1 Å². The van der Waals surface area contributed by atoms with Gasteiger partial charge in [-0.25, -0.2) is 0 Å². The molecule has 0 aliphatic rings. The van der Waals surface area contributed by atoms with E-state index in [0.717, 1.165) is 62.7 Å². The van der Waals surface area contributed by atoms with E-state index in [0.29, 0.717) is 0 Å². The number of aryl methyl sites for hydroxylation is 4. The quantitative estimate of drug-likeness (QED) is 0.331. The predicted molar refractivity (Wildman–Crippen MR) is 123 cm³/mol. The maximum absolute atomic E-state index is 16.0. The van der Waals surface area contributed by atoms with E-state index in [-0.39, 0.29) is 6.08 Å². The highest BCUT2D eigenvalue weighted by molar-refractivity contribution is 5.49. The minimum atomic E-state index is -0.211. The summed E-state index contributed by atoms with van der Waals surface area (Å²) >= 11 is 0. The molecule has 2 nitrogen and oxygen atoms in total. The Morgan fingerprint density at radius 1 is 0.700 bits per heavy atom. The summed E-state index contributed by atoms with van der Waals surface area (Å²) in [5.74, 6) is 0. The minimum Gasteiger partial charge on any atom is -0.169 e. The van der Waals surface area contributed by atoms with Crippen molar-refractivity contribution in [3.8, 4) is 11.4 Å². The summed E-state index contributed by atoms with van der Waals surface area (Å²) in [6.45, 7) is 8.72. The molecule has 0 aliphatic heterocycles. The molecule has 0 saturated carbocycles. The van der Waals surface area contributed by atoms with Gasteiger partial charge in [0.2, 0.25) is 0 Å². The number of halogens is 1. The Morgan fingerprint density at radius 3 is 1.60 bits per heavy atom. The molecule has 3 heteroatoms. The highest BCUT2D eigenvalue weighted by Gasteiger charge is 2.27. The molecule has 2 aromatic carbocycles. The molecule has 0 spiro atoms. The van der Waals surface area contributed by atoms with E-state index >= 15 is 4.39 Å². The van der Waals surface area contributed by atoms with Gasteiger partial charge in [-0.3, -0.25) is 0 Å². The van der Waals surface area contributed by atoms with Crippen molar-refractivity contribution in [3.05, 3.63) is 77.1 Å². The molecule has 30 heavy (non-hydrogen) atoms. The Morgan fingerprint density at radius 2 is 1.13 bits per heavy atom. The van der Waals surface area contributed by atoms with Crippen LogP contribution in [-0.4, -0.2) is 4.57 Å². The van der Waals surface area contributed by atoms with Crippen molar-refractivity contribution in [1.29, 1.82) is 0 Å². The first-order valence-electron chi connectivity index (χ1n) is 11.7. The topological polar surface area (TPSA) is 8.81 Å². The van der Waals surface area contributed by atoms with Gasteiger partial charge in [0.25, 0.3) is 0 Å². The molecular formula is C27H36FN2+. The van der Waals surface area contributed by atoms with Gasteiger partial charge in [-0.2, -0.15) is 9.13 Å². The zero-order valence-electron chi connectivity index (χ0n) is 19.0. The molecule has 0 radical (unpaired) electrons. The van der Waals surface area contributed by atoms with Crippen LogP contribution in [0.25, 0.3) is 11.4 Å².